The van der Waals surface area contributed by atoms with Crippen molar-refractivity contribution in [3.05, 3.63) is 35.4 Å². The minimum atomic E-state index is -0.150. The molecule has 1 N–H and O–H groups in total. The molecule has 0 bridgehead atoms. The van der Waals surface area contributed by atoms with Crippen LogP contribution in [0.25, 0.3) is 0 Å². The van der Waals surface area contributed by atoms with Gasteiger partial charge < -0.3 is 10.2 Å². The van der Waals surface area contributed by atoms with Crippen molar-refractivity contribution >= 4 is 23.4 Å². The smallest absolute Gasteiger partial charge is 0.251 e. The lowest BCUT2D eigenvalue weighted by molar-refractivity contribution is -0.131. The Bertz CT molecular complexity index is 482. The number of rotatable bonds is 5. The van der Waals surface area contributed by atoms with Crippen molar-refractivity contribution in [1.82, 2.24) is 10.2 Å². The number of carbonyl (C=O) groups excluding carboxylic acids is 2. The lowest BCUT2D eigenvalue weighted by Crippen LogP contribution is -2.37. The van der Waals surface area contributed by atoms with Crippen LogP contribution in [0.3, 0.4) is 0 Å². The lowest BCUT2D eigenvalue weighted by Gasteiger charge is -2.26. The molecule has 4 nitrogen and oxygen atoms in total. The highest BCUT2D eigenvalue weighted by atomic mass is 35.5. The molecule has 1 saturated heterocycles. The van der Waals surface area contributed by atoms with E-state index in [-0.39, 0.29) is 11.8 Å². The first kappa shape index (κ1) is 15.8. The summed E-state index contributed by atoms with van der Waals surface area (Å²) in [6.45, 7) is 2.09. The number of likely N-dealkylation sites (tertiary alicyclic amines) is 1. The number of nitrogens with zero attached hydrogens (tertiary/aromatic N) is 1. The van der Waals surface area contributed by atoms with Gasteiger partial charge in [0.05, 0.1) is 0 Å². The fourth-order valence-corrected chi connectivity index (χ4v) is 2.61. The van der Waals surface area contributed by atoms with E-state index in [1.54, 1.807) is 12.1 Å². The summed E-state index contributed by atoms with van der Waals surface area (Å²) >= 11 is 5.71. The highest BCUT2D eigenvalue weighted by Crippen LogP contribution is 2.10. The molecule has 0 unspecified atom stereocenters. The summed E-state index contributed by atoms with van der Waals surface area (Å²) in [7, 11) is 0. The number of hydrogen-bond acceptors (Lipinski definition) is 2. The molecule has 21 heavy (non-hydrogen) atoms. The van der Waals surface area contributed by atoms with E-state index < -0.39 is 0 Å². The van der Waals surface area contributed by atoms with E-state index in [0.29, 0.717) is 24.4 Å². The Balaban J connectivity index is 1.74. The quantitative estimate of drug-likeness (QED) is 0.850. The van der Waals surface area contributed by atoms with Gasteiger partial charge in [-0.25, -0.2) is 0 Å². The number of amides is 2. The number of nitrogens with one attached hydrogen (secondary N) is 1. The molecule has 0 aromatic heterocycles. The van der Waals surface area contributed by atoms with Gasteiger partial charge in [0.15, 0.2) is 0 Å². The zero-order valence-corrected chi connectivity index (χ0v) is 12.9. The molecule has 5 heteroatoms. The van der Waals surface area contributed by atoms with E-state index in [2.05, 4.69) is 5.32 Å². The number of benzene rings is 1. The van der Waals surface area contributed by atoms with E-state index >= 15 is 0 Å². The Morgan fingerprint density at radius 2 is 1.76 bits per heavy atom. The van der Waals surface area contributed by atoms with E-state index in [1.807, 2.05) is 17.0 Å². The summed E-state index contributed by atoms with van der Waals surface area (Å²) in [6, 6.07) is 7.17. The number of hydrogen-bond donors (Lipinski definition) is 1. The van der Waals surface area contributed by atoms with Crippen molar-refractivity contribution in [1.29, 1.82) is 0 Å². The van der Waals surface area contributed by atoms with Crippen molar-refractivity contribution in [3.63, 3.8) is 0 Å². The molecule has 0 saturated carbocycles. The molecule has 2 rings (SSSR count). The third kappa shape index (κ3) is 4.74. The molecule has 1 aromatic rings. The molecule has 1 heterocycles. The summed E-state index contributed by atoms with van der Waals surface area (Å²) in [5.41, 5.74) is 1.57. The van der Waals surface area contributed by atoms with Crippen LogP contribution in [0.15, 0.2) is 24.3 Å². The molecule has 1 fully saturated rings. The zero-order valence-electron chi connectivity index (χ0n) is 12.1. The Labute approximate surface area is 130 Å². The van der Waals surface area contributed by atoms with Gasteiger partial charge in [0.1, 0.15) is 0 Å². The highest BCUT2D eigenvalue weighted by molar-refractivity contribution is 6.17. The molecule has 1 aromatic carbocycles. The van der Waals surface area contributed by atoms with E-state index in [0.717, 1.165) is 31.5 Å². The summed E-state index contributed by atoms with van der Waals surface area (Å²) in [5, 5.41) is 2.79. The minimum Gasteiger partial charge on any atom is -0.352 e. The van der Waals surface area contributed by atoms with E-state index in [1.165, 1.54) is 6.42 Å². The van der Waals surface area contributed by atoms with Crippen LogP contribution in [0.2, 0.25) is 0 Å². The highest BCUT2D eigenvalue weighted by Gasteiger charge is 2.16. The Kier molecular flexibility index (Phi) is 6.05. The molecule has 2 amide bonds. The Hall–Kier alpha value is -1.55. The largest absolute Gasteiger partial charge is 0.352 e. The second-order valence-corrected chi connectivity index (χ2v) is 5.55. The average Bonchev–Trinajstić information content (AvgIpc) is 2.55. The maximum absolute atomic E-state index is 12.0. The minimum absolute atomic E-state index is 0.132. The Morgan fingerprint density at radius 1 is 1.10 bits per heavy atom. The van der Waals surface area contributed by atoms with Gasteiger partial charge in [0.2, 0.25) is 5.91 Å². The molecule has 1 aliphatic rings. The monoisotopic (exact) mass is 308 g/mol. The van der Waals surface area contributed by atoms with Crippen molar-refractivity contribution in [2.45, 2.75) is 31.6 Å². The van der Waals surface area contributed by atoms with Crippen molar-refractivity contribution in [2.24, 2.45) is 0 Å². The molecule has 0 aliphatic carbocycles. The summed E-state index contributed by atoms with van der Waals surface area (Å²) < 4.78 is 0. The molecular weight excluding hydrogens is 288 g/mol. The van der Waals surface area contributed by atoms with Crippen LogP contribution in [-0.2, 0) is 10.7 Å². The third-order valence-corrected chi connectivity index (χ3v) is 4.01. The number of halogens is 1. The fraction of sp³-hybridized carbons (Fsp3) is 0.500. The lowest BCUT2D eigenvalue weighted by atomic mass is 10.1. The topological polar surface area (TPSA) is 49.4 Å². The predicted octanol–water partition coefficient (Wildman–Crippen LogP) is 2.56. The number of alkyl halides is 1. The third-order valence-electron chi connectivity index (χ3n) is 3.70. The van der Waals surface area contributed by atoms with Crippen LogP contribution >= 0.6 is 11.6 Å². The second-order valence-electron chi connectivity index (χ2n) is 5.28. The normalized spacial score (nSPS) is 14.8. The van der Waals surface area contributed by atoms with Gasteiger partial charge >= 0.3 is 0 Å². The molecular formula is C16H21ClN2O2. The van der Waals surface area contributed by atoms with Crippen LogP contribution in [0.4, 0.5) is 0 Å². The molecule has 0 radical (unpaired) electrons. The van der Waals surface area contributed by atoms with Crippen LogP contribution in [0, 0.1) is 0 Å². The summed E-state index contributed by atoms with van der Waals surface area (Å²) in [6.07, 6.45) is 3.75. The van der Waals surface area contributed by atoms with Gasteiger partial charge in [0.25, 0.3) is 5.91 Å². The van der Waals surface area contributed by atoms with Gasteiger partial charge in [-0.2, -0.15) is 0 Å². The first-order valence-corrected chi connectivity index (χ1v) is 7.95. The van der Waals surface area contributed by atoms with Gasteiger partial charge in [-0.3, -0.25) is 9.59 Å². The van der Waals surface area contributed by atoms with Gasteiger partial charge in [-0.1, -0.05) is 12.1 Å². The van der Waals surface area contributed by atoms with Crippen LogP contribution in [-0.4, -0.2) is 36.3 Å². The number of carbonyl (C=O) groups is 2. The molecule has 0 spiro atoms. The van der Waals surface area contributed by atoms with E-state index in [4.69, 9.17) is 11.6 Å². The SMILES string of the molecule is O=C(NCCC(=O)N1CCCCC1)c1ccc(CCl)cc1. The van der Waals surface area contributed by atoms with Gasteiger partial charge in [-0.05, 0) is 37.0 Å². The maximum Gasteiger partial charge on any atom is 0.251 e. The van der Waals surface area contributed by atoms with Crippen molar-refractivity contribution in [2.75, 3.05) is 19.6 Å². The first-order valence-electron chi connectivity index (χ1n) is 7.41. The van der Waals surface area contributed by atoms with Crippen LogP contribution in [0.5, 0.6) is 0 Å². The van der Waals surface area contributed by atoms with Gasteiger partial charge in [0, 0.05) is 37.5 Å². The first-order chi connectivity index (χ1) is 10.2. The molecule has 1 aliphatic heterocycles. The van der Waals surface area contributed by atoms with E-state index in [9.17, 15) is 9.59 Å². The Morgan fingerprint density at radius 3 is 2.38 bits per heavy atom. The number of piperidine rings is 1. The predicted molar refractivity (Wildman–Crippen MR) is 83.4 cm³/mol. The second kappa shape index (κ2) is 8.03. The maximum atomic E-state index is 12.0. The molecule has 114 valence electrons. The fourth-order valence-electron chi connectivity index (χ4n) is 2.43. The zero-order chi connectivity index (χ0) is 15.1. The van der Waals surface area contributed by atoms with Crippen LogP contribution in [0.1, 0.15) is 41.6 Å². The van der Waals surface area contributed by atoms with Crippen molar-refractivity contribution in [3.8, 4) is 0 Å². The summed E-state index contributed by atoms with van der Waals surface area (Å²) in [4.78, 5) is 25.8. The van der Waals surface area contributed by atoms with Gasteiger partial charge in [-0.15, -0.1) is 11.6 Å². The van der Waals surface area contributed by atoms with Crippen molar-refractivity contribution < 1.29 is 9.59 Å². The standard InChI is InChI=1S/C16H21ClN2O2/c17-12-13-4-6-14(7-5-13)16(21)18-9-8-15(20)19-10-2-1-3-11-19/h4-7H,1-3,8-12H2,(H,18,21). The average molecular weight is 309 g/mol. The summed E-state index contributed by atoms with van der Waals surface area (Å²) in [5.74, 6) is 0.418. The molecule has 0 atom stereocenters. The van der Waals surface area contributed by atoms with Crippen LogP contribution < -0.4 is 5.32 Å².